The molecule has 1 N–H and O–H groups in total. The molecule has 0 aromatic rings. The average molecular weight is 711 g/mol. The second-order valence-electron chi connectivity index (χ2n) is 16.6. The third-order valence-electron chi connectivity index (χ3n) is 11.9. The van der Waals surface area contributed by atoms with Crippen molar-refractivity contribution in [1.82, 2.24) is 0 Å². The summed E-state index contributed by atoms with van der Waals surface area (Å²) in [6.45, 7) is 16.0. The largest absolute Gasteiger partial charge is 0.459 e. The summed E-state index contributed by atoms with van der Waals surface area (Å²) >= 11 is 0. The molecule has 0 heterocycles. The molecule has 3 aliphatic carbocycles. The number of ether oxygens (including phenoxy) is 1. The first kappa shape index (κ1) is 43.5. The van der Waals surface area contributed by atoms with E-state index in [0.29, 0.717) is 30.1 Å². The van der Waals surface area contributed by atoms with Crippen LogP contribution in [0.2, 0.25) is 0 Å². The first-order valence-electron chi connectivity index (χ1n) is 21.1. The molecule has 3 fully saturated rings. The highest BCUT2D eigenvalue weighted by molar-refractivity contribution is 5.82. The van der Waals surface area contributed by atoms with Crippen LogP contribution in [-0.2, 0) is 9.53 Å². The number of hydrogen-bond acceptors (Lipinski definition) is 3. The Morgan fingerprint density at radius 2 is 1.52 bits per heavy atom. The van der Waals surface area contributed by atoms with Crippen LogP contribution < -0.4 is 0 Å². The van der Waals surface area contributed by atoms with E-state index in [9.17, 15) is 9.90 Å². The summed E-state index contributed by atoms with van der Waals surface area (Å²) < 4.78 is 6.35. The Labute approximate surface area is 319 Å². The summed E-state index contributed by atoms with van der Waals surface area (Å²) in [5, 5.41) is 10.3. The molecule has 0 aromatic heterocycles. The maximum absolute atomic E-state index is 13.2. The second kappa shape index (κ2) is 24.4. The van der Waals surface area contributed by atoms with Crippen molar-refractivity contribution in [2.75, 3.05) is 0 Å². The van der Waals surface area contributed by atoms with Crippen molar-refractivity contribution in [3.05, 3.63) is 108 Å². The lowest BCUT2D eigenvalue weighted by Gasteiger charge is -2.44. The van der Waals surface area contributed by atoms with Gasteiger partial charge in [0, 0.05) is 12.0 Å². The highest BCUT2D eigenvalue weighted by Gasteiger charge is 2.56. The van der Waals surface area contributed by atoms with Crippen LogP contribution in [0.15, 0.2) is 108 Å². The smallest absolute Gasteiger partial charge is 0.331 e. The molecule has 3 aliphatic rings. The monoisotopic (exact) mass is 711 g/mol. The molecule has 288 valence electrons. The molecule has 3 rings (SSSR count). The summed E-state index contributed by atoms with van der Waals surface area (Å²) in [5.41, 5.74) is 3.94. The number of allylic oxidation sites excluding steroid dienone is 15. The fourth-order valence-electron chi connectivity index (χ4n) is 9.06. The lowest BCUT2D eigenvalue weighted by atomic mass is 9.60. The van der Waals surface area contributed by atoms with Gasteiger partial charge < -0.3 is 9.84 Å². The SMILES string of the molecule is C=C1CC[C@H](O)C/C1=C\C=C1/CCC[C@@]2(C)[C@@H]([C@H](C)CCCC(C)C)C(OC(=O)/C=C/C=C/C=C/C=C/C=C/C=C/CCCCCCCCC)C[C@@H]12. The minimum Gasteiger partial charge on any atom is -0.459 e. The number of aliphatic hydroxyl groups is 1. The van der Waals surface area contributed by atoms with E-state index in [0.717, 1.165) is 37.7 Å². The molecule has 1 unspecified atom stereocenters. The standard InChI is InChI=1S/C49H74O3/c1-7-8-9-10-11-12-13-14-15-16-17-18-19-20-21-22-23-24-25-31-47(51)52-46-38-45-42(33-34-43-37-44(50)35-32-40(43)4)30-27-36-49(45,6)48(46)41(5)29-26-28-39(2)3/h15-25,31,33-34,39,41,44-46,48,50H,4,7-14,26-30,32,35-38H2,1-3,5-6H3/b16-15+,18-17+,20-19+,22-21+,24-23+,31-25+,42-33+,43-34+/t41-,44+,45+,46?,48+,49-/m1/s1. The molecule has 0 radical (unpaired) electrons. The fraction of sp³-hybridized carbons (Fsp3) is 0.612. The van der Waals surface area contributed by atoms with E-state index >= 15 is 0 Å². The van der Waals surface area contributed by atoms with E-state index in [4.69, 9.17) is 4.74 Å². The Hall–Kier alpha value is -2.91. The molecular formula is C49H74O3. The maximum atomic E-state index is 13.2. The number of carbonyl (C=O) groups excluding carboxylic acids is 1. The Kier molecular flexibility index (Phi) is 20.4. The van der Waals surface area contributed by atoms with Gasteiger partial charge in [0.15, 0.2) is 0 Å². The number of carbonyl (C=O) groups is 1. The molecule has 52 heavy (non-hydrogen) atoms. The molecule has 3 saturated carbocycles. The van der Waals surface area contributed by atoms with E-state index in [2.05, 4.69) is 77.7 Å². The third-order valence-corrected chi connectivity index (χ3v) is 11.9. The zero-order valence-corrected chi connectivity index (χ0v) is 33.7. The summed E-state index contributed by atoms with van der Waals surface area (Å²) in [7, 11) is 0. The molecule has 3 heteroatoms. The fourth-order valence-corrected chi connectivity index (χ4v) is 9.06. The first-order valence-corrected chi connectivity index (χ1v) is 21.1. The number of hydrogen-bond donors (Lipinski definition) is 1. The van der Waals surface area contributed by atoms with Gasteiger partial charge in [-0.25, -0.2) is 4.79 Å². The first-order chi connectivity index (χ1) is 25.2. The van der Waals surface area contributed by atoms with Crippen LogP contribution >= 0.6 is 0 Å². The molecule has 6 atom stereocenters. The third kappa shape index (κ3) is 15.2. The molecule has 0 bridgehead atoms. The molecule has 0 aliphatic heterocycles. The lowest BCUT2D eigenvalue weighted by Crippen LogP contribution is -2.39. The number of rotatable bonds is 21. The topological polar surface area (TPSA) is 46.5 Å². The van der Waals surface area contributed by atoms with Gasteiger partial charge in [-0.1, -0.05) is 189 Å². The molecule has 0 amide bonds. The van der Waals surface area contributed by atoms with Crippen LogP contribution in [0.3, 0.4) is 0 Å². The number of unbranched alkanes of at least 4 members (excludes halogenated alkanes) is 7. The molecule has 0 saturated heterocycles. The zero-order chi connectivity index (χ0) is 37.6. The van der Waals surface area contributed by atoms with Gasteiger partial charge in [-0.2, -0.15) is 0 Å². The summed E-state index contributed by atoms with van der Waals surface area (Å²) in [5.74, 6) is 1.68. The molecule has 0 aromatic carbocycles. The van der Waals surface area contributed by atoms with Gasteiger partial charge in [-0.05, 0) is 86.5 Å². The molecule has 3 nitrogen and oxygen atoms in total. The quantitative estimate of drug-likeness (QED) is 0.0558. The number of fused-ring (bicyclic) bond motifs is 1. The van der Waals surface area contributed by atoms with Crippen LogP contribution in [0.5, 0.6) is 0 Å². The Bertz CT molecular complexity index is 1320. The van der Waals surface area contributed by atoms with Crippen LogP contribution in [-0.4, -0.2) is 23.3 Å². The van der Waals surface area contributed by atoms with Crippen LogP contribution in [0.1, 0.15) is 150 Å². The van der Waals surface area contributed by atoms with Crippen molar-refractivity contribution in [3.63, 3.8) is 0 Å². The van der Waals surface area contributed by atoms with E-state index < -0.39 is 0 Å². The van der Waals surface area contributed by atoms with Crippen LogP contribution in [0, 0.1) is 29.1 Å². The van der Waals surface area contributed by atoms with Crippen LogP contribution in [0.25, 0.3) is 0 Å². The summed E-state index contributed by atoms with van der Waals surface area (Å²) in [6.07, 6.45) is 48.9. The van der Waals surface area contributed by atoms with Gasteiger partial charge in [0.2, 0.25) is 0 Å². The highest BCUT2D eigenvalue weighted by atomic mass is 16.5. The van der Waals surface area contributed by atoms with E-state index in [1.54, 1.807) is 12.2 Å². The van der Waals surface area contributed by atoms with Crippen molar-refractivity contribution in [3.8, 4) is 0 Å². The average Bonchev–Trinajstić information content (AvgIpc) is 3.41. The van der Waals surface area contributed by atoms with Crippen molar-refractivity contribution >= 4 is 5.97 Å². The molecular weight excluding hydrogens is 637 g/mol. The zero-order valence-electron chi connectivity index (χ0n) is 33.7. The summed E-state index contributed by atoms with van der Waals surface area (Å²) in [6, 6.07) is 0. The Morgan fingerprint density at radius 1 is 0.865 bits per heavy atom. The predicted octanol–water partition coefficient (Wildman–Crippen LogP) is 13.6. The van der Waals surface area contributed by atoms with Gasteiger partial charge in [0.05, 0.1) is 6.10 Å². The molecule has 0 spiro atoms. The van der Waals surface area contributed by atoms with Gasteiger partial charge in [-0.15, -0.1) is 0 Å². The summed E-state index contributed by atoms with van der Waals surface area (Å²) in [4.78, 5) is 13.2. The van der Waals surface area contributed by atoms with Crippen molar-refractivity contribution in [2.45, 2.75) is 162 Å². The van der Waals surface area contributed by atoms with Gasteiger partial charge in [-0.3, -0.25) is 0 Å². The minimum atomic E-state index is -0.266. The van der Waals surface area contributed by atoms with Crippen LogP contribution in [0.4, 0.5) is 0 Å². The predicted molar refractivity (Wildman–Crippen MR) is 224 cm³/mol. The van der Waals surface area contributed by atoms with Gasteiger partial charge >= 0.3 is 5.97 Å². The van der Waals surface area contributed by atoms with E-state index in [1.807, 2.05) is 36.5 Å². The van der Waals surface area contributed by atoms with Crippen molar-refractivity contribution in [1.29, 1.82) is 0 Å². The van der Waals surface area contributed by atoms with Gasteiger partial charge in [0.25, 0.3) is 0 Å². The minimum absolute atomic E-state index is 0.0842. The Balaban J connectivity index is 1.54. The van der Waals surface area contributed by atoms with E-state index in [-0.39, 0.29) is 23.6 Å². The van der Waals surface area contributed by atoms with E-state index in [1.165, 1.54) is 88.2 Å². The Morgan fingerprint density at radius 3 is 2.21 bits per heavy atom. The number of esters is 1. The number of aliphatic hydroxyl groups excluding tert-OH is 1. The highest BCUT2D eigenvalue weighted by Crippen LogP contribution is 2.60. The van der Waals surface area contributed by atoms with Crippen molar-refractivity contribution in [2.24, 2.45) is 29.1 Å². The second-order valence-corrected chi connectivity index (χ2v) is 16.6. The van der Waals surface area contributed by atoms with Gasteiger partial charge in [0.1, 0.15) is 6.10 Å². The lowest BCUT2D eigenvalue weighted by molar-refractivity contribution is -0.147. The maximum Gasteiger partial charge on any atom is 0.331 e. The normalized spacial score (nSPS) is 28.0. The van der Waals surface area contributed by atoms with Crippen molar-refractivity contribution < 1.29 is 14.6 Å².